The van der Waals surface area contributed by atoms with Crippen molar-refractivity contribution < 1.29 is 8.42 Å². The highest BCUT2D eigenvalue weighted by molar-refractivity contribution is 7.92. The number of anilines is 2. The standard InChI is InChI=1S/C27H28N6O2S2/c1-18-16-23(19(2)32(18)17-20-11-14-28-15-12-20)26-25(24-6-4-5-13-29-24)30-27(36)33(26)22-9-7-21(8-10-22)31-37(3,34)35/h4-16,25-26,31H,17H2,1-3H3,(H,30,36)/t25-,26+/m0/s1. The van der Waals surface area contributed by atoms with Crippen molar-refractivity contribution in [2.45, 2.75) is 32.5 Å². The third-order valence-electron chi connectivity index (χ3n) is 6.57. The molecule has 0 amide bonds. The van der Waals surface area contributed by atoms with Crippen LogP contribution in [0.2, 0.25) is 0 Å². The van der Waals surface area contributed by atoms with Gasteiger partial charge in [-0.3, -0.25) is 14.7 Å². The van der Waals surface area contributed by atoms with Gasteiger partial charge in [-0.15, -0.1) is 0 Å². The first-order valence-corrected chi connectivity index (χ1v) is 14.2. The van der Waals surface area contributed by atoms with Gasteiger partial charge >= 0.3 is 0 Å². The summed E-state index contributed by atoms with van der Waals surface area (Å²) in [5.41, 5.74) is 6.87. The number of aryl methyl sites for hydroxylation is 1. The normalized spacial score (nSPS) is 17.6. The zero-order valence-corrected chi connectivity index (χ0v) is 22.4. The van der Waals surface area contributed by atoms with Gasteiger partial charge in [0.2, 0.25) is 10.0 Å². The second-order valence-electron chi connectivity index (χ2n) is 9.19. The summed E-state index contributed by atoms with van der Waals surface area (Å²) in [6.45, 7) is 4.99. The van der Waals surface area contributed by atoms with Crippen LogP contribution in [0.25, 0.3) is 0 Å². The molecule has 0 saturated carbocycles. The molecule has 0 radical (unpaired) electrons. The minimum Gasteiger partial charge on any atom is -0.351 e. The van der Waals surface area contributed by atoms with Crippen LogP contribution >= 0.6 is 12.2 Å². The summed E-state index contributed by atoms with van der Waals surface area (Å²) in [5.74, 6) is 0. The van der Waals surface area contributed by atoms with Gasteiger partial charge in [-0.2, -0.15) is 0 Å². The maximum absolute atomic E-state index is 11.7. The maximum atomic E-state index is 11.7. The summed E-state index contributed by atoms with van der Waals surface area (Å²) in [5, 5.41) is 4.08. The molecule has 1 aliphatic heterocycles. The molecule has 2 N–H and O–H groups in total. The van der Waals surface area contributed by atoms with E-state index in [0.717, 1.165) is 41.1 Å². The minimum atomic E-state index is -3.37. The summed E-state index contributed by atoms with van der Waals surface area (Å²) >= 11 is 5.85. The smallest absolute Gasteiger partial charge is 0.229 e. The lowest BCUT2D eigenvalue weighted by Gasteiger charge is -2.28. The highest BCUT2D eigenvalue weighted by Gasteiger charge is 2.42. The van der Waals surface area contributed by atoms with E-state index in [1.165, 1.54) is 5.56 Å². The molecule has 1 fully saturated rings. The molecule has 8 nitrogen and oxygen atoms in total. The van der Waals surface area contributed by atoms with Gasteiger partial charge in [0.25, 0.3) is 0 Å². The van der Waals surface area contributed by atoms with E-state index < -0.39 is 10.0 Å². The van der Waals surface area contributed by atoms with E-state index in [4.69, 9.17) is 12.2 Å². The monoisotopic (exact) mass is 532 g/mol. The minimum absolute atomic E-state index is 0.159. The molecule has 1 saturated heterocycles. The lowest BCUT2D eigenvalue weighted by molar-refractivity contribution is 0.563. The molecule has 0 spiro atoms. The molecule has 4 heterocycles. The summed E-state index contributed by atoms with van der Waals surface area (Å²) in [7, 11) is -3.37. The van der Waals surface area contributed by atoms with E-state index in [2.05, 4.69) is 49.4 Å². The van der Waals surface area contributed by atoms with Crippen LogP contribution in [0.1, 0.15) is 40.3 Å². The van der Waals surface area contributed by atoms with Crippen LogP contribution in [0, 0.1) is 13.8 Å². The largest absolute Gasteiger partial charge is 0.351 e. The van der Waals surface area contributed by atoms with Crippen molar-refractivity contribution in [3.05, 3.63) is 107 Å². The number of hydrogen-bond acceptors (Lipinski definition) is 5. The number of aromatic nitrogens is 3. The first kappa shape index (κ1) is 24.9. The molecule has 10 heteroatoms. The van der Waals surface area contributed by atoms with E-state index in [0.29, 0.717) is 10.8 Å². The average Bonchev–Trinajstić information content (AvgIpc) is 3.36. The summed E-state index contributed by atoms with van der Waals surface area (Å²) in [6, 6.07) is 19.1. The number of benzene rings is 1. The van der Waals surface area contributed by atoms with Crippen LogP contribution in [-0.4, -0.2) is 34.3 Å². The van der Waals surface area contributed by atoms with Crippen LogP contribution in [0.5, 0.6) is 0 Å². The van der Waals surface area contributed by atoms with Gasteiger partial charge in [0, 0.05) is 47.9 Å². The molecule has 4 aromatic rings. The Bertz CT molecular complexity index is 1520. The quantitative estimate of drug-likeness (QED) is 0.339. The molecule has 1 aromatic carbocycles. The molecule has 0 aliphatic carbocycles. The Morgan fingerprint density at radius 2 is 1.76 bits per heavy atom. The Kier molecular flexibility index (Phi) is 6.70. The zero-order chi connectivity index (χ0) is 26.2. The highest BCUT2D eigenvalue weighted by Crippen LogP contribution is 2.43. The SMILES string of the molecule is Cc1cc([C@@H]2[C@H](c3ccccn3)NC(=S)N2c2ccc(NS(C)(=O)=O)cc2)c(C)n1Cc1ccncc1. The first-order chi connectivity index (χ1) is 17.7. The third kappa shape index (κ3) is 5.21. The van der Waals surface area contributed by atoms with Crippen LogP contribution in [0.3, 0.4) is 0 Å². The van der Waals surface area contributed by atoms with Gasteiger partial charge < -0.3 is 14.8 Å². The molecule has 0 unspecified atom stereocenters. The number of nitrogens with zero attached hydrogens (tertiary/aromatic N) is 4. The predicted octanol–water partition coefficient (Wildman–Crippen LogP) is 4.49. The number of hydrogen-bond donors (Lipinski definition) is 2. The van der Waals surface area contributed by atoms with Crippen LogP contribution in [0.4, 0.5) is 11.4 Å². The van der Waals surface area contributed by atoms with Crippen molar-refractivity contribution in [3.8, 4) is 0 Å². The fourth-order valence-corrected chi connectivity index (χ4v) is 5.80. The fraction of sp³-hybridized carbons (Fsp3) is 0.222. The van der Waals surface area contributed by atoms with Crippen molar-refractivity contribution in [2.24, 2.45) is 0 Å². The Hall–Kier alpha value is -3.76. The van der Waals surface area contributed by atoms with E-state index >= 15 is 0 Å². The summed E-state index contributed by atoms with van der Waals surface area (Å²) in [4.78, 5) is 10.9. The van der Waals surface area contributed by atoms with E-state index in [1.807, 2.05) is 54.9 Å². The maximum Gasteiger partial charge on any atom is 0.229 e. The molecule has 37 heavy (non-hydrogen) atoms. The van der Waals surface area contributed by atoms with Crippen molar-refractivity contribution in [1.82, 2.24) is 19.9 Å². The van der Waals surface area contributed by atoms with Gasteiger partial charge in [-0.1, -0.05) is 6.07 Å². The average molecular weight is 533 g/mol. The molecule has 190 valence electrons. The fourth-order valence-electron chi connectivity index (χ4n) is 4.89. The van der Waals surface area contributed by atoms with Gasteiger partial charge in [0.1, 0.15) is 0 Å². The Morgan fingerprint density at radius 3 is 2.41 bits per heavy atom. The molecule has 3 aromatic heterocycles. The van der Waals surface area contributed by atoms with Gasteiger partial charge in [-0.25, -0.2) is 8.42 Å². The summed E-state index contributed by atoms with van der Waals surface area (Å²) < 4.78 is 28.2. The second kappa shape index (κ2) is 9.95. The van der Waals surface area contributed by atoms with E-state index in [1.54, 1.807) is 18.3 Å². The van der Waals surface area contributed by atoms with Gasteiger partial charge in [0.15, 0.2) is 5.11 Å². The highest BCUT2D eigenvalue weighted by atomic mass is 32.2. The Labute approximate surface area is 222 Å². The summed E-state index contributed by atoms with van der Waals surface area (Å²) in [6.07, 6.45) is 6.55. The number of rotatable bonds is 7. The second-order valence-corrected chi connectivity index (χ2v) is 11.3. The third-order valence-corrected chi connectivity index (χ3v) is 7.49. The molecule has 2 atom stereocenters. The Morgan fingerprint density at radius 1 is 1.03 bits per heavy atom. The number of nitrogens with one attached hydrogen (secondary N) is 2. The van der Waals surface area contributed by atoms with Crippen LogP contribution < -0.4 is 14.9 Å². The zero-order valence-electron chi connectivity index (χ0n) is 20.8. The lowest BCUT2D eigenvalue weighted by atomic mass is 9.96. The van der Waals surface area contributed by atoms with Crippen molar-refractivity contribution in [2.75, 3.05) is 15.9 Å². The molecular formula is C27H28N6O2S2. The Balaban J connectivity index is 1.58. The molecule has 5 rings (SSSR count). The van der Waals surface area contributed by atoms with E-state index in [-0.39, 0.29) is 12.1 Å². The molecular weight excluding hydrogens is 504 g/mol. The van der Waals surface area contributed by atoms with Gasteiger partial charge in [-0.05, 0) is 91.8 Å². The number of pyridine rings is 2. The first-order valence-electron chi connectivity index (χ1n) is 11.9. The van der Waals surface area contributed by atoms with Crippen molar-refractivity contribution in [1.29, 1.82) is 0 Å². The number of thiocarbonyl (C=S) groups is 1. The van der Waals surface area contributed by atoms with Crippen molar-refractivity contribution in [3.63, 3.8) is 0 Å². The van der Waals surface area contributed by atoms with Crippen molar-refractivity contribution >= 4 is 38.7 Å². The lowest BCUT2D eigenvalue weighted by Crippen LogP contribution is -2.29. The van der Waals surface area contributed by atoms with Gasteiger partial charge in [0.05, 0.1) is 24.0 Å². The topological polar surface area (TPSA) is 92.2 Å². The van der Waals surface area contributed by atoms with Crippen LogP contribution in [-0.2, 0) is 16.6 Å². The molecule has 0 bridgehead atoms. The van der Waals surface area contributed by atoms with Crippen LogP contribution in [0.15, 0.2) is 79.3 Å². The molecule has 1 aliphatic rings. The predicted molar refractivity (Wildman–Crippen MR) is 150 cm³/mol. The number of sulfonamides is 1. The van der Waals surface area contributed by atoms with E-state index in [9.17, 15) is 8.42 Å².